The third-order valence-electron chi connectivity index (χ3n) is 4.34. The highest BCUT2D eigenvalue weighted by atomic mass is 19.4. The van der Waals surface area contributed by atoms with E-state index in [9.17, 15) is 18.0 Å². The Labute approximate surface area is 126 Å². The minimum absolute atomic E-state index is 0.0427. The number of fused-ring (bicyclic) bond motifs is 1. The molecule has 3 aliphatic rings. The maximum atomic E-state index is 12.7. The Kier molecular flexibility index (Phi) is 3.81. The topological polar surface area (TPSA) is 29.1 Å². The molecule has 0 amide bonds. The third kappa shape index (κ3) is 2.80. The molecule has 22 heavy (non-hydrogen) atoms. The van der Waals surface area contributed by atoms with Crippen molar-refractivity contribution >= 4 is 6.29 Å². The van der Waals surface area contributed by atoms with Crippen molar-refractivity contribution in [3.63, 3.8) is 0 Å². The van der Waals surface area contributed by atoms with E-state index in [1.807, 2.05) is 18.2 Å². The molecule has 3 rings (SSSR count). The van der Waals surface area contributed by atoms with Crippen LogP contribution in [0.5, 0.6) is 0 Å². The molecule has 1 aliphatic heterocycles. The summed E-state index contributed by atoms with van der Waals surface area (Å²) in [6.07, 6.45) is 8.17. The van der Waals surface area contributed by atoms with Crippen LogP contribution in [0.4, 0.5) is 13.2 Å². The molecule has 0 aromatic carbocycles. The first-order valence-electron chi connectivity index (χ1n) is 7.26. The zero-order valence-electron chi connectivity index (χ0n) is 11.9. The van der Waals surface area contributed by atoms with Gasteiger partial charge in [0.05, 0.1) is 12.0 Å². The van der Waals surface area contributed by atoms with E-state index in [-0.39, 0.29) is 18.9 Å². The van der Waals surface area contributed by atoms with E-state index in [0.29, 0.717) is 12.0 Å². The average Bonchev–Trinajstić information content (AvgIpc) is 2.53. The summed E-state index contributed by atoms with van der Waals surface area (Å²) in [6, 6.07) is -0.0811. The minimum atomic E-state index is -4.11. The fraction of sp³-hybridized carbons (Fsp3) is 0.353. The maximum Gasteiger partial charge on any atom is 0.392 e. The quantitative estimate of drug-likeness (QED) is 0.787. The van der Waals surface area contributed by atoms with Gasteiger partial charge in [0.2, 0.25) is 0 Å². The summed E-state index contributed by atoms with van der Waals surface area (Å²) in [5.41, 5.74) is 3.49. The van der Waals surface area contributed by atoms with Crippen LogP contribution in [0.1, 0.15) is 19.3 Å². The second-order valence-electron chi connectivity index (χ2n) is 5.73. The van der Waals surface area contributed by atoms with Crippen LogP contribution in [0.3, 0.4) is 0 Å². The number of allylic oxidation sites excluding steroid dienone is 5. The Morgan fingerprint density at radius 3 is 2.77 bits per heavy atom. The van der Waals surface area contributed by atoms with Crippen molar-refractivity contribution in [2.24, 2.45) is 5.92 Å². The van der Waals surface area contributed by atoms with Gasteiger partial charge in [-0.05, 0) is 42.1 Å². The van der Waals surface area contributed by atoms with Gasteiger partial charge >= 0.3 is 6.18 Å². The third-order valence-corrected chi connectivity index (χ3v) is 4.34. The highest BCUT2D eigenvalue weighted by Crippen LogP contribution is 2.40. The summed E-state index contributed by atoms with van der Waals surface area (Å²) in [5, 5.41) is 3.17. The molecule has 0 radical (unpaired) electrons. The molecule has 5 heteroatoms. The van der Waals surface area contributed by atoms with Crippen LogP contribution in [0.25, 0.3) is 0 Å². The molecular weight excluding hydrogens is 291 g/mol. The largest absolute Gasteiger partial charge is 0.392 e. The fourth-order valence-electron chi connectivity index (χ4n) is 3.12. The Morgan fingerprint density at radius 2 is 2.14 bits per heavy atom. The van der Waals surface area contributed by atoms with E-state index in [1.54, 1.807) is 18.4 Å². The SMILES string of the molecule is O=CC1=CNC2C(=C1)C=CC=C2C1=CCC(C(F)(F)F)CC1. The Bertz CT molecular complexity index is 635. The summed E-state index contributed by atoms with van der Waals surface area (Å²) < 4.78 is 38.2. The molecule has 1 heterocycles. The van der Waals surface area contributed by atoms with Crippen LogP contribution < -0.4 is 5.32 Å². The van der Waals surface area contributed by atoms with Crippen LogP contribution in [0.2, 0.25) is 0 Å². The van der Waals surface area contributed by atoms with Gasteiger partial charge in [-0.2, -0.15) is 13.2 Å². The van der Waals surface area contributed by atoms with Gasteiger partial charge in [0.15, 0.2) is 6.29 Å². The van der Waals surface area contributed by atoms with Crippen LogP contribution in [0, 0.1) is 5.92 Å². The number of carbonyl (C=O) groups excluding carboxylic acids is 1. The van der Waals surface area contributed by atoms with Gasteiger partial charge in [-0.15, -0.1) is 0 Å². The molecule has 0 aromatic heterocycles. The molecule has 2 nitrogen and oxygen atoms in total. The summed E-state index contributed by atoms with van der Waals surface area (Å²) in [5.74, 6) is -1.23. The van der Waals surface area contributed by atoms with E-state index in [2.05, 4.69) is 5.32 Å². The first kappa shape index (κ1) is 14.9. The number of nitrogens with one attached hydrogen (secondary N) is 1. The predicted molar refractivity (Wildman–Crippen MR) is 77.9 cm³/mol. The number of carbonyl (C=O) groups is 1. The minimum Gasteiger partial charge on any atom is -0.379 e. The van der Waals surface area contributed by atoms with E-state index in [4.69, 9.17) is 0 Å². The second-order valence-corrected chi connectivity index (χ2v) is 5.73. The monoisotopic (exact) mass is 307 g/mol. The van der Waals surface area contributed by atoms with E-state index in [1.165, 1.54) is 0 Å². The molecular formula is C17H16F3NO. The van der Waals surface area contributed by atoms with Crippen molar-refractivity contribution in [1.29, 1.82) is 0 Å². The second kappa shape index (κ2) is 5.63. The molecule has 2 unspecified atom stereocenters. The first-order valence-corrected chi connectivity index (χ1v) is 7.26. The number of halogens is 3. The fourth-order valence-corrected chi connectivity index (χ4v) is 3.12. The van der Waals surface area contributed by atoms with Crippen molar-refractivity contribution < 1.29 is 18.0 Å². The maximum absolute atomic E-state index is 12.7. The number of rotatable bonds is 2. The Balaban J connectivity index is 1.80. The van der Waals surface area contributed by atoms with Crippen LogP contribution in [-0.2, 0) is 4.79 Å². The zero-order valence-corrected chi connectivity index (χ0v) is 11.9. The summed E-state index contributed by atoms with van der Waals surface area (Å²) in [7, 11) is 0. The lowest BCUT2D eigenvalue weighted by atomic mass is 9.80. The van der Waals surface area contributed by atoms with Crippen molar-refractivity contribution in [3.8, 4) is 0 Å². The standard InChI is InChI=1S/C17H16F3NO/c18-17(19,20)14-6-4-12(5-7-14)15-3-1-2-13-8-11(10-22)9-21-16(13)15/h1-4,8-10,14,16,21H,5-7H2. The van der Waals surface area contributed by atoms with Crippen molar-refractivity contribution in [1.82, 2.24) is 5.32 Å². The Hall–Kier alpha value is -2.04. The summed E-state index contributed by atoms with van der Waals surface area (Å²) in [4.78, 5) is 10.8. The van der Waals surface area contributed by atoms with Crippen molar-refractivity contribution in [3.05, 3.63) is 58.9 Å². The normalized spacial score (nSPS) is 27.8. The van der Waals surface area contributed by atoms with Gasteiger partial charge in [-0.25, -0.2) is 0 Å². The van der Waals surface area contributed by atoms with Gasteiger partial charge in [-0.1, -0.05) is 24.3 Å². The zero-order chi connectivity index (χ0) is 15.7. The highest BCUT2D eigenvalue weighted by molar-refractivity contribution is 5.79. The van der Waals surface area contributed by atoms with Crippen LogP contribution >= 0.6 is 0 Å². The first-order chi connectivity index (χ1) is 10.5. The highest BCUT2D eigenvalue weighted by Gasteiger charge is 2.40. The van der Waals surface area contributed by atoms with Crippen molar-refractivity contribution in [2.45, 2.75) is 31.5 Å². The van der Waals surface area contributed by atoms with Crippen LogP contribution in [-0.4, -0.2) is 18.5 Å². The number of aldehydes is 1. The van der Waals surface area contributed by atoms with Gasteiger partial charge < -0.3 is 5.32 Å². The Morgan fingerprint density at radius 1 is 1.32 bits per heavy atom. The molecule has 0 aromatic rings. The lowest BCUT2D eigenvalue weighted by Gasteiger charge is -2.32. The summed E-state index contributed by atoms with van der Waals surface area (Å²) in [6.45, 7) is 0. The number of hydrogen-bond donors (Lipinski definition) is 1. The molecule has 0 spiro atoms. The van der Waals surface area contributed by atoms with Gasteiger partial charge in [0.1, 0.15) is 0 Å². The molecule has 2 aliphatic carbocycles. The lowest BCUT2D eigenvalue weighted by Crippen LogP contribution is -2.34. The molecule has 0 fully saturated rings. The van der Waals surface area contributed by atoms with Crippen LogP contribution in [0.15, 0.2) is 58.9 Å². The van der Waals surface area contributed by atoms with Crippen molar-refractivity contribution in [2.75, 3.05) is 0 Å². The van der Waals surface area contributed by atoms with E-state index < -0.39 is 12.1 Å². The molecule has 0 saturated carbocycles. The summed E-state index contributed by atoms with van der Waals surface area (Å²) >= 11 is 0. The smallest absolute Gasteiger partial charge is 0.379 e. The average molecular weight is 307 g/mol. The number of dihydropyridines is 1. The van der Waals surface area contributed by atoms with Gasteiger partial charge in [0, 0.05) is 11.8 Å². The molecule has 2 atom stereocenters. The lowest BCUT2D eigenvalue weighted by molar-refractivity contribution is -0.176. The number of hydrogen-bond acceptors (Lipinski definition) is 2. The molecule has 116 valence electrons. The predicted octanol–water partition coefficient (Wildman–Crippen LogP) is 3.75. The van der Waals surface area contributed by atoms with Gasteiger partial charge in [0.25, 0.3) is 0 Å². The number of alkyl halides is 3. The van der Waals surface area contributed by atoms with E-state index in [0.717, 1.165) is 23.0 Å². The molecule has 1 N–H and O–H groups in total. The van der Waals surface area contributed by atoms with E-state index >= 15 is 0 Å². The molecule has 0 bridgehead atoms. The molecule has 0 saturated heterocycles. The van der Waals surface area contributed by atoms with Gasteiger partial charge in [-0.3, -0.25) is 4.79 Å².